The smallest absolute Gasteiger partial charge is 0.251 e. The van der Waals surface area contributed by atoms with Crippen molar-refractivity contribution in [1.82, 2.24) is 52.3 Å². The summed E-state index contributed by atoms with van der Waals surface area (Å²) in [6.45, 7) is 3.47. The molecule has 5 aliphatic heterocycles. The van der Waals surface area contributed by atoms with E-state index in [-0.39, 0.29) is 31.5 Å². The first-order chi connectivity index (χ1) is 29.2. The summed E-state index contributed by atoms with van der Waals surface area (Å²) in [6.07, 6.45) is -1.75. The van der Waals surface area contributed by atoms with Gasteiger partial charge in [0.1, 0.15) is 48.3 Å². The van der Waals surface area contributed by atoms with Crippen molar-refractivity contribution in [2.24, 2.45) is 11.5 Å². The number of nitrogens with two attached hydrogens (primary N) is 2. The standard InChI is InChI=1S/C38H50N12O12/c1-16-31(55)45-21(13-26(40)52)37(61)49-11-7-10-24(49)35(59)44-20(12-25(39)51)34(58)43-17(2)30(54)42-18(3)32(56)48-28-23(47-33(57)19-8-5-4-6-9-19)15-50-29(28)36(60)46-22(38(50)62)14-27(53)41-16/h4-6,8-9,16-18,20-24,28-29H,7,10-15H2,1-3H3,(H2,39,51)(H2,40,52)(H,41,53)(H,42,54)(H,43,58)(H,44,59)(H,45,55)(H,46,60)(H,47,57)(H,48,56)/t16-,17-,18-,20-,21-,22-,23+,24-,28+,29-/m0/s1. The van der Waals surface area contributed by atoms with E-state index in [9.17, 15) is 57.5 Å². The Morgan fingerprint density at radius 3 is 1.85 bits per heavy atom. The van der Waals surface area contributed by atoms with Gasteiger partial charge in [-0.05, 0) is 45.7 Å². The van der Waals surface area contributed by atoms with Crippen molar-refractivity contribution >= 4 is 70.9 Å². The molecule has 10 atom stereocenters. The third-order valence-corrected chi connectivity index (χ3v) is 10.9. The molecule has 0 unspecified atom stereocenters. The van der Waals surface area contributed by atoms with E-state index in [1.165, 1.54) is 32.9 Å². The molecule has 5 aliphatic rings. The van der Waals surface area contributed by atoms with E-state index in [0.29, 0.717) is 0 Å². The number of hydrogen-bond donors (Lipinski definition) is 10. The van der Waals surface area contributed by atoms with Gasteiger partial charge in [-0.15, -0.1) is 0 Å². The van der Waals surface area contributed by atoms with Gasteiger partial charge in [0.15, 0.2) is 0 Å². The van der Waals surface area contributed by atoms with E-state index in [1.54, 1.807) is 18.2 Å². The maximum absolute atomic E-state index is 13.9. The Morgan fingerprint density at radius 2 is 1.21 bits per heavy atom. The van der Waals surface area contributed by atoms with Gasteiger partial charge in [-0.25, -0.2) is 0 Å². The van der Waals surface area contributed by atoms with Gasteiger partial charge in [0.25, 0.3) is 5.91 Å². The summed E-state index contributed by atoms with van der Waals surface area (Å²) >= 11 is 0. The molecule has 12 amide bonds. The SMILES string of the molecule is C[C@@H]1NC(=O)C[C@@H]2NC(=O)[C@@H]3[C@H](NC(=O)[C@H](C)NC(=O)[C@H](C)NC(=O)[C@H](CC(N)=O)NC(=O)[C@@H]4CCCN4C(=O)[C@H](CC(N)=O)NC1=O)[C@H](NC(=O)c1ccccc1)CN3C2=O. The predicted octanol–water partition coefficient (Wildman–Crippen LogP) is -6.39. The molecule has 0 aromatic heterocycles. The van der Waals surface area contributed by atoms with Crippen LogP contribution in [0, 0.1) is 0 Å². The molecule has 334 valence electrons. The number of fused-ring (bicyclic) bond motifs is 18. The highest BCUT2D eigenvalue weighted by molar-refractivity contribution is 6.03. The van der Waals surface area contributed by atoms with E-state index in [0.717, 1.165) is 9.80 Å². The Morgan fingerprint density at radius 1 is 0.645 bits per heavy atom. The number of nitrogens with one attached hydrogen (secondary N) is 8. The van der Waals surface area contributed by atoms with Crippen molar-refractivity contribution < 1.29 is 57.5 Å². The molecule has 24 nitrogen and oxygen atoms in total. The number of nitrogens with zero attached hydrogens (tertiary/aromatic N) is 2. The average molecular weight is 867 g/mol. The molecule has 12 N–H and O–H groups in total. The van der Waals surface area contributed by atoms with Crippen LogP contribution in [0.3, 0.4) is 0 Å². The molecule has 24 heteroatoms. The van der Waals surface area contributed by atoms with Crippen molar-refractivity contribution in [2.45, 2.75) is 113 Å². The molecule has 62 heavy (non-hydrogen) atoms. The molecule has 4 bridgehead atoms. The van der Waals surface area contributed by atoms with Crippen LogP contribution < -0.4 is 54.0 Å². The molecule has 6 rings (SSSR count). The van der Waals surface area contributed by atoms with Gasteiger partial charge in [-0.3, -0.25) is 57.5 Å². The van der Waals surface area contributed by atoms with Gasteiger partial charge in [0.2, 0.25) is 65.0 Å². The van der Waals surface area contributed by atoms with E-state index >= 15 is 0 Å². The van der Waals surface area contributed by atoms with Crippen molar-refractivity contribution in [1.29, 1.82) is 0 Å². The number of rotatable bonds is 6. The van der Waals surface area contributed by atoms with Crippen molar-refractivity contribution in [3.63, 3.8) is 0 Å². The number of benzene rings is 1. The Hall–Kier alpha value is -7.14. The van der Waals surface area contributed by atoms with E-state index in [2.05, 4.69) is 42.5 Å². The molecule has 5 heterocycles. The molecule has 5 fully saturated rings. The maximum Gasteiger partial charge on any atom is 0.251 e. The first-order valence-corrected chi connectivity index (χ1v) is 19.9. The molecule has 0 aliphatic carbocycles. The minimum Gasteiger partial charge on any atom is -0.370 e. The lowest BCUT2D eigenvalue weighted by molar-refractivity contribution is -0.149. The third kappa shape index (κ3) is 10.8. The normalized spacial score (nSPS) is 30.5. The van der Waals surface area contributed by atoms with Gasteiger partial charge in [-0.1, -0.05) is 18.2 Å². The lowest BCUT2D eigenvalue weighted by Crippen LogP contribution is -2.67. The summed E-state index contributed by atoms with van der Waals surface area (Å²) in [7, 11) is 0. The summed E-state index contributed by atoms with van der Waals surface area (Å²) < 4.78 is 0. The second kappa shape index (κ2) is 19.5. The van der Waals surface area contributed by atoms with Gasteiger partial charge in [0, 0.05) is 18.7 Å². The molecule has 0 spiro atoms. The second-order valence-electron chi connectivity index (χ2n) is 15.6. The number of amides is 12. The summed E-state index contributed by atoms with van der Waals surface area (Å²) in [5.74, 6) is -10.6. The fraction of sp³-hybridized carbons (Fsp3) is 0.526. The molecule has 0 radical (unpaired) electrons. The maximum atomic E-state index is 13.9. The topological polar surface area (TPSA) is 360 Å². The third-order valence-electron chi connectivity index (χ3n) is 10.9. The Kier molecular flexibility index (Phi) is 14.4. The Balaban J connectivity index is 1.45. The van der Waals surface area contributed by atoms with E-state index < -0.39 is 151 Å². The summed E-state index contributed by atoms with van der Waals surface area (Å²) in [5, 5.41) is 19.8. The molecular formula is C38H50N12O12. The first-order valence-electron chi connectivity index (χ1n) is 19.9. The minimum atomic E-state index is -1.64. The second-order valence-corrected chi connectivity index (χ2v) is 15.6. The summed E-state index contributed by atoms with van der Waals surface area (Å²) in [4.78, 5) is 161. The van der Waals surface area contributed by atoms with Gasteiger partial charge in [0.05, 0.1) is 31.3 Å². The molecule has 0 saturated carbocycles. The Labute approximate surface area is 354 Å². The van der Waals surface area contributed by atoms with E-state index in [4.69, 9.17) is 11.5 Å². The van der Waals surface area contributed by atoms with Crippen molar-refractivity contribution in [2.75, 3.05) is 13.1 Å². The fourth-order valence-corrected chi connectivity index (χ4v) is 7.70. The molecular weight excluding hydrogens is 816 g/mol. The van der Waals surface area contributed by atoms with Crippen LogP contribution in [-0.4, -0.2) is 154 Å². The Bertz CT molecular complexity index is 2030. The van der Waals surface area contributed by atoms with E-state index in [1.807, 2.05) is 0 Å². The summed E-state index contributed by atoms with van der Waals surface area (Å²) in [6, 6.07) is -5.87. The molecule has 1 aromatic carbocycles. The molecule has 1 aromatic rings. The number of carbonyl (C=O) groups is 12. The lowest BCUT2D eigenvalue weighted by Gasteiger charge is -2.36. The van der Waals surface area contributed by atoms with Crippen LogP contribution in [0.25, 0.3) is 0 Å². The monoisotopic (exact) mass is 866 g/mol. The van der Waals surface area contributed by atoms with Crippen molar-refractivity contribution in [3.05, 3.63) is 35.9 Å². The first kappa shape index (κ1) is 45.9. The highest BCUT2D eigenvalue weighted by Gasteiger charge is 2.54. The van der Waals surface area contributed by atoms with Gasteiger partial charge < -0.3 is 63.8 Å². The zero-order valence-electron chi connectivity index (χ0n) is 34.1. The minimum absolute atomic E-state index is 0.0239. The largest absolute Gasteiger partial charge is 0.370 e. The van der Waals surface area contributed by atoms with Crippen LogP contribution in [-0.2, 0) is 52.7 Å². The van der Waals surface area contributed by atoms with Gasteiger partial charge in [-0.2, -0.15) is 0 Å². The quantitative estimate of drug-likeness (QED) is 0.119. The highest BCUT2D eigenvalue weighted by Crippen LogP contribution is 2.26. The van der Waals surface area contributed by atoms with Gasteiger partial charge >= 0.3 is 0 Å². The van der Waals surface area contributed by atoms with Crippen LogP contribution in [0.4, 0.5) is 0 Å². The zero-order chi connectivity index (χ0) is 45.6. The fourth-order valence-electron chi connectivity index (χ4n) is 7.70. The van der Waals surface area contributed by atoms with Crippen LogP contribution in [0.15, 0.2) is 30.3 Å². The van der Waals surface area contributed by atoms with Crippen molar-refractivity contribution in [3.8, 4) is 0 Å². The number of piperazine rings is 1. The lowest BCUT2D eigenvalue weighted by atomic mass is 9.99. The predicted molar refractivity (Wildman–Crippen MR) is 211 cm³/mol. The van der Waals surface area contributed by atoms with Crippen LogP contribution in [0.2, 0.25) is 0 Å². The number of primary amides is 2. The summed E-state index contributed by atoms with van der Waals surface area (Å²) in [5.41, 5.74) is 11.0. The van der Waals surface area contributed by atoms with Crippen LogP contribution in [0.5, 0.6) is 0 Å². The number of hydrogen-bond acceptors (Lipinski definition) is 12. The van der Waals surface area contributed by atoms with Crippen LogP contribution in [0.1, 0.15) is 63.2 Å². The highest BCUT2D eigenvalue weighted by atomic mass is 16.2. The average Bonchev–Trinajstić information content (AvgIpc) is 3.84. The van der Waals surface area contributed by atoms with Crippen LogP contribution >= 0.6 is 0 Å². The zero-order valence-corrected chi connectivity index (χ0v) is 34.1. The number of carbonyl (C=O) groups excluding carboxylic acids is 12. The molecule has 5 saturated heterocycles.